The fraction of sp³-hybridized carbons (Fsp3) is 0.562. The van der Waals surface area contributed by atoms with Gasteiger partial charge >= 0.3 is 0 Å². The molecular formula is C16H23NO2. The molecule has 1 heterocycles. The molecule has 0 bridgehead atoms. The molecule has 1 N–H and O–H groups in total. The van der Waals surface area contributed by atoms with Crippen molar-refractivity contribution in [3.63, 3.8) is 0 Å². The fourth-order valence-corrected chi connectivity index (χ4v) is 2.74. The van der Waals surface area contributed by atoms with Crippen molar-refractivity contribution in [2.45, 2.75) is 52.6 Å². The number of aryl methyl sites for hydroxylation is 3. The summed E-state index contributed by atoms with van der Waals surface area (Å²) in [6, 6.07) is 4.20. The van der Waals surface area contributed by atoms with Gasteiger partial charge in [-0.3, -0.25) is 4.79 Å². The van der Waals surface area contributed by atoms with Crippen LogP contribution in [0.3, 0.4) is 0 Å². The lowest BCUT2D eigenvalue weighted by molar-refractivity contribution is -0.116. The fourth-order valence-electron chi connectivity index (χ4n) is 2.74. The third kappa shape index (κ3) is 3.80. The van der Waals surface area contributed by atoms with Gasteiger partial charge in [0.2, 0.25) is 5.91 Å². The van der Waals surface area contributed by atoms with Gasteiger partial charge in [-0.2, -0.15) is 0 Å². The van der Waals surface area contributed by atoms with Crippen molar-refractivity contribution in [3.8, 4) is 0 Å². The van der Waals surface area contributed by atoms with E-state index in [1.807, 2.05) is 13.8 Å². The van der Waals surface area contributed by atoms with Gasteiger partial charge in [0.05, 0.1) is 6.10 Å². The molecule has 1 unspecified atom stereocenters. The second-order valence-corrected chi connectivity index (χ2v) is 5.50. The molecule has 0 aromatic heterocycles. The van der Waals surface area contributed by atoms with Gasteiger partial charge in [-0.05, 0) is 51.2 Å². The van der Waals surface area contributed by atoms with Crippen LogP contribution in [0.25, 0.3) is 0 Å². The number of benzene rings is 1. The summed E-state index contributed by atoms with van der Waals surface area (Å²) >= 11 is 0. The van der Waals surface area contributed by atoms with Gasteiger partial charge in [0.1, 0.15) is 0 Å². The molecule has 19 heavy (non-hydrogen) atoms. The second kappa shape index (κ2) is 6.20. The number of amides is 1. The van der Waals surface area contributed by atoms with E-state index in [0.29, 0.717) is 6.42 Å². The molecular weight excluding hydrogens is 238 g/mol. The number of carbonyl (C=O) groups is 1. The van der Waals surface area contributed by atoms with Crippen LogP contribution in [0.15, 0.2) is 12.1 Å². The molecule has 0 aliphatic carbocycles. The van der Waals surface area contributed by atoms with Crippen LogP contribution in [-0.4, -0.2) is 18.6 Å². The van der Waals surface area contributed by atoms with Crippen LogP contribution < -0.4 is 5.32 Å². The zero-order chi connectivity index (χ0) is 13.8. The van der Waals surface area contributed by atoms with Crippen molar-refractivity contribution in [2.24, 2.45) is 0 Å². The van der Waals surface area contributed by atoms with Gasteiger partial charge < -0.3 is 10.1 Å². The van der Waals surface area contributed by atoms with Crippen LogP contribution in [-0.2, 0) is 9.53 Å². The normalized spacial score (nSPS) is 18.6. The van der Waals surface area contributed by atoms with E-state index < -0.39 is 0 Å². The molecule has 3 nitrogen and oxygen atoms in total. The minimum absolute atomic E-state index is 0.0885. The Balaban J connectivity index is 1.91. The molecule has 1 amide bonds. The van der Waals surface area contributed by atoms with E-state index in [2.05, 4.69) is 24.4 Å². The van der Waals surface area contributed by atoms with E-state index >= 15 is 0 Å². The standard InChI is InChI=1S/C16H23NO2/c1-11-9-12(2)16(13(3)10-11)17-15(18)7-6-14-5-4-8-19-14/h9-10,14H,4-8H2,1-3H3,(H,17,18). The largest absolute Gasteiger partial charge is 0.378 e. The zero-order valence-corrected chi connectivity index (χ0v) is 12.1. The number of nitrogens with one attached hydrogen (secondary N) is 1. The molecule has 0 spiro atoms. The first-order valence-corrected chi connectivity index (χ1v) is 7.05. The number of ether oxygens (including phenoxy) is 1. The van der Waals surface area contributed by atoms with Gasteiger partial charge in [-0.15, -0.1) is 0 Å². The maximum absolute atomic E-state index is 12.0. The van der Waals surface area contributed by atoms with Gasteiger partial charge in [0, 0.05) is 18.7 Å². The summed E-state index contributed by atoms with van der Waals surface area (Å²) in [5.74, 6) is 0.0885. The summed E-state index contributed by atoms with van der Waals surface area (Å²) in [7, 11) is 0. The third-order valence-corrected chi connectivity index (χ3v) is 3.66. The van der Waals surface area contributed by atoms with Crippen molar-refractivity contribution in [1.82, 2.24) is 0 Å². The molecule has 2 rings (SSSR count). The molecule has 1 aliphatic rings. The highest BCUT2D eigenvalue weighted by Gasteiger charge is 2.17. The monoisotopic (exact) mass is 261 g/mol. The van der Waals surface area contributed by atoms with E-state index in [1.54, 1.807) is 0 Å². The molecule has 1 aromatic rings. The zero-order valence-electron chi connectivity index (χ0n) is 12.1. The highest BCUT2D eigenvalue weighted by molar-refractivity contribution is 5.92. The molecule has 0 saturated carbocycles. The Bertz CT molecular complexity index is 439. The summed E-state index contributed by atoms with van der Waals surface area (Å²) in [6.45, 7) is 7.00. The van der Waals surface area contributed by atoms with Crippen molar-refractivity contribution < 1.29 is 9.53 Å². The van der Waals surface area contributed by atoms with E-state index in [-0.39, 0.29) is 12.0 Å². The smallest absolute Gasteiger partial charge is 0.224 e. The Kier molecular flexibility index (Phi) is 4.59. The van der Waals surface area contributed by atoms with Crippen LogP contribution in [0.1, 0.15) is 42.4 Å². The first-order chi connectivity index (χ1) is 9.06. The lowest BCUT2D eigenvalue weighted by atomic mass is 10.0. The topological polar surface area (TPSA) is 38.3 Å². The number of anilines is 1. The predicted molar refractivity (Wildman–Crippen MR) is 77.5 cm³/mol. The summed E-state index contributed by atoms with van der Waals surface area (Å²) in [5, 5.41) is 3.04. The van der Waals surface area contributed by atoms with Crippen molar-refractivity contribution in [2.75, 3.05) is 11.9 Å². The van der Waals surface area contributed by atoms with E-state index in [0.717, 1.165) is 42.7 Å². The van der Waals surface area contributed by atoms with Gasteiger partial charge in [-0.25, -0.2) is 0 Å². The number of rotatable bonds is 4. The third-order valence-electron chi connectivity index (χ3n) is 3.66. The number of hydrogen-bond donors (Lipinski definition) is 1. The van der Waals surface area contributed by atoms with Crippen molar-refractivity contribution in [1.29, 1.82) is 0 Å². The molecule has 1 saturated heterocycles. The summed E-state index contributed by atoms with van der Waals surface area (Å²) in [6.07, 6.45) is 3.87. The highest BCUT2D eigenvalue weighted by Crippen LogP contribution is 2.23. The molecule has 104 valence electrons. The minimum Gasteiger partial charge on any atom is -0.378 e. The van der Waals surface area contributed by atoms with Crippen LogP contribution >= 0.6 is 0 Å². The summed E-state index contributed by atoms with van der Waals surface area (Å²) in [4.78, 5) is 12.0. The van der Waals surface area contributed by atoms with Crippen LogP contribution in [0.4, 0.5) is 5.69 Å². The Morgan fingerprint density at radius 3 is 2.58 bits per heavy atom. The maximum atomic E-state index is 12.0. The average molecular weight is 261 g/mol. The second-order valence-electron chi connectivity index (χ2n) is 5.50. The first-order valence-electron chi connectivity index (χ1n) is 7.05. The van der Waals surface area contributed by atoms with E-state index in [4.69, 9.17) is 4.74 Å². The van der Waals surface area contributed by atoms with Crippen molar-refractivity contribution >= 4 is 11.6 Å². The lowest BCUT2D eigenvalue weighted by Gasteiger charge is -2.14. The number of hydrogen-bond acceptors (Lipinski definition) is 2. The SMILES string of the molecule is Cc1cc(C)c(NC(=O)CCC2CCCO2)c(C)c1. The Labute approximate surface area is 115 Å². The summed E-state index contributed by atoms with van der Waals surface area (Å²) in [5.41, 5.74) is 4.45. The number of carbonyl (C=O) groups excluding carboxylic acids is 1. The molecule has 3 heteroatoms. The molecule has 0 radical (unpaired) electrons. The lowest BCUT2D eigenvalue weighted by Crippen LogP contribution is -2.16. The molecule has 1 atom stereocenters. The Hall–Kier alpha value is -1.35. The van der Waals surface area contributed by atoms with E-state index in [9.17, 15) is 4.79 Å². The first kappa shape index (κ1) is 14.1. The maximum Gasteiger partial charge on any atom is 0.224 e. The molecule has 1 aromatic carbocycles. The van der Waals surface area contributed by atoms with Crippen LogP contribution in [0.5, 0.6) is 0 Å². The molecule has 1 aliphatic heterocycles. The Morgan fingerprint density at radius 1 is 1.32 bits per heavy atom. The average Bonchev–Trinajstić information content (AvgIpc) is 2.84. The quantitative estimate of drug-likeness (QED) is 0.900. The molecule has 1 fully saturated rings. The van der Waals surface area contributed by atoms with Crippen molar-refractivity contribution in [3.05, 3.63) is 28.8 Å². The van der Waals surface area contributed by atoms with Crippen LogP contribution in [0.2, 0.25) is 0 Å². The minimum atomic E-state index is 0.0885. The van der Waals surface area contributed by atoms with Gasteiger partial charge in [0.25, 0.3) is 0 Å². The van der Waals surface area contributed by atoms with Gasteiger partial charge in [0.15, 0.2) is 0 Å². The highest BCUT2D eigenvalue weighted by atomic mass is 16.5. The van der Waals surface area contributed by atoms with E-state index in [1.165, 1.54) is 5.56 Å². The van der Waals surface area contributed by atoms with Crippen LogP contribution in [0, 0.1) is 20.8 Å². The Morgan fingerprint density at radius 2 is 2.00 bits per heavy atom. The predicted octanol–water partition coefficient (Wildman–Crippen LogP) is 3.51. The van der Waals surface area contributed by atoms with Gasteiger partial charge in [-0.1, -0.05) is 17.7 Å². The summed E-state index contributed by atoms with van der Waals surface area (Å²) < 4.78 is 5.54.